The van der Waals surface area contributed by atoms with Crippen LogP contribution in [0.4, 0.5) is 8.78 Å². The van der Waals surface area contributed by atoms with Crippen molar-refractivity contribution >= 4 is 24.2 Å². The molecule has 0 saturated heterocycles. The van der Waals surface area contributed by atoms with Crippen LogP contribution >= 0.6 is 18.9 Å². The van der Waals surface area contributed by atoms with E-state index in [1.807, 2.05) is 5.62 Å². The highest BCUT2D eigenvalue weighted by atomic mass is 35.5. The minimum Gasteiger partial charge on any atom is -0.304 e. The molecule has 2 aliphatic carbocycles. The third kappa shape index (κ3) is 2.86. The van der Waals surface area contributed by atoms with Gasteiger partial charge in [-0.2, -0.15) is 0 Å². The molecule has 0 atom stereocenters. The highest BCUT2D eigenvalue weighted by Gasteiger charge is 2.48. The summed E-state index contributed by atoms with van der Waals surface area (Å²) >= 11 is 6.40. The molecule has 0 unspecified atom stereocenters. The van der Waals surface area contributed by atoms with E-state index in [1.54, 1.807) is 12.1 Å². The minimum atomic E-state index is -1.82. The average Bonchev–Trinajstić information content (AvgIpc) is 3.12. The quantitative estimate of drug-likeness (QED) is 0.480. The molecule has 3 rings (SSSR count). The van der Waals surface area contributed by atoms with E-state index < -0.39 is 18.9 Å². The summed E-state index contributed by atoms with van der Waals surface area (Å²) in [6.07, 6.45) is 9.53. The molecule has 2 fully saturated rings. The molecule has 0 radical (unpaired) electrons. The first-order valence-corrected chi connectivity index (χ1v) is 10.4. The molecule has 0 spiro atoms. The van der Waals surface area contributed by atoms with Gasteiger partial charge in [0.2, 0.25) is 0 Å². The fraction of sp³-hybridized carbons (Fsp3) is 0.588. The van der Waals surface area contributed by atoms with Crippen LogP contribution in [0.5, 0.6) is 0 Å². The van der Waals surface area contributed by atoms with Crippen molar-refractivity contribution < 1.29 is 8.78 Å². The first-order chi connectivity index (χ1) is 10.2. The Morgan fingerprint density at radius 3 is 1.67 bits per heavy atom. The highest BCUT2D eigenvalue weighted by molar-refractivity contribution is 7.87. The highest BCUT2D eigenvalue weighted by Crippen LogP contribution is 2.74. The van der Waals surface area contributed by atoms with Gasteiger partial charge >= 0.3 is 0 Å². The van der Waals surface area contributed by atoms with Crippen LogP contribution in [-0.2, 0) is 0 Å². The molecule has 1 aromatic rings. The van der Waals surface area contributed by atoms with Gasteiger partial charge in [0.15, 0.2) is 0 Å². The van der Waals surface area contributed by atoms with E-state index in [4.69, 9.17) is 11.6 Å². The van der Waals surface area contributed by atoms with Crippen LogP contribution in [-0.4, -0.2) is 11.3 Å². The maximum Gasteiger partial charge on any atom is 0.129 e. The van der Waals surface area contributed by atoms with Crippen LogP contribution in [0.15, 0.2) is 18.2 Å². The van der Waals surface area contributed by atoms with E-state index >= 15 is 0 Å². The van der Waals surface area contributed by atoms with E-state index in [9.17, 15) is 8.78 Å². The summed E-state index contributed by atoms with van der Waals surface area (Å²) < 4.78 is 27.6. The van der Waals surface area contributed by atoms with Crippen molar-refractivity contribution in [1.82, 2.24) is 0 Å². The lowest BCUT2D eigenvalue weighted by molar-refractivity contribution is 0.585. The Labute approximate surface area is 131 Å². The van der Waals surface area contributed by atoms with Crippen molar-refractivity contribution in [3.05, 3.63) is 35.5 Å². The largest absolute Gasteiger partial charge is 0.304 e. The Morgan fingerprint density at radius 2 is 1.29 bits per heavy atom. The van der Waals surface area contributed by atoms with E-state index in [0.717, 1.165) is 37.1 Å². The molecule has 4 heteroatoms. The Kier molecular flexibility index (Phi) is 4.86. The molecule has 0 nitrogen and oxygen atoms in total. The standard InChI is InChI=1S/C17H22ClF2P/c18-12-21(15-5-1-2-6-15,16-7-3-4-8-16)17-10-13(19)9-14(20)11-17/h9-12,15-16H,1-8H2. The summed E-state index contributed by atoms with van der Waals surface area (Å²) in [5.41, 5.74) is 2.91. The maximum absolute atomic E-state index is 13.8. The molecule has 0 aromatic heterocycles. The van der Waals surface area contributed by atoms with Crippen molar-refractivity contribution in [2.75, 3.05) is 0 Å². The first kappa shape index (κ1) is 15.7. The van der Waals surface area contributed by atoms with Gasteiger partial charge in [0.05, 0.1) is 5.30 Å². The van der Waals surface area contributed by atoms with Gasteiger partial charge in [0.1, 0.15) is 11.6 Å². The molecule has 1 aromatic carbocycles. The van der Waals surface area contributed by atoms with E-state index in [1.165, 1.54) is 25.7 Å². The van der Waals surface area contributed by atoms with Crippen molar-refractivity contribution in [3.8, 4) is 0 Å². The van der Waals surface area contributed by atoms with Gasteiger partial charge in [-0.15, -0.1) is 0 Å². The number of rotatable bonds is 4. The summed E-state index contributed by atoms with van der Waals surface area (Å²) in [6.45, 7) is 0. The molecule has 21 heavy (non-hydrogen) atoms. The van der Waals surface area contributed by atoms with E-state index in [2.05, 4.69) is 0 Å². The SMILES string of the molecule is Fc1cc(F)cc([P+]([CH-]Cl)(C2CCCC2)C2CCCC2)c1. The fourth-order valence-corrected chi connectivity index (χ4v) is 10.7. The normalized spacial score (nSPS) is 21.3. The van der Waals surface area contributed by atoms with Crippen molar-refractivity contribution in [1.29, 1.82) is 0 Å². The molecule has 0 bridgehead atoms. The summed E-state index contributed by atoms with van der Waals surface area (Å²) in [5.74, 6) is -0.937. The molecule has 2 aliphatic rings. The van der Waals surface area contributed by atoms with Gasteiger partial charge < -0.3 is 11.6 Å². The summed E-state index contributed by atoms with van der Waals surface area (Å²) in [6, 6.07) is 4.06. The third-order valence-electron chi connectivity index (χ3n) is 5.31. The molecule has 0 N–H and O–H groups in total. The predicted molar refractivity (Wildman–Crippen MR) is 87.6 cm³/mol. The molecular formula is C17H22ClF2P. The number of halogens is 3. The van der Waals surface area contributed by atoms with Crippen LogP contribution in [0.25, 0.3) is 0 Å². The topological polar surface area (TPSA) is 0 Å². The Morgan fingerprint density at radius 1 is 0.857 bits per heavy atom. The molecular weight excluding hydrogens is 309 g/mol. The van der Waals surface area contributed by atoms with Gasteiger partial charge in [0.25, 0.3) is 0 Å². The molecule has 0 aliphatic heterocycles. The van der Waals surface area contributed by atoms with Gasteiger partial charge in [-0.05, 0) is 51.4 Å². The fourth-order valence-electron chi connectivity index (χ4n) is 4.36. The molecule has 0 amide bonds. The van der Waals surface area contributed by atoms with Crippen LogP contribution < -0.4 is 5.30 Å². The third-order valence-corrected chi connectivity index (χ3v) is 11.2. The molecule has 0 heterocycles. The second-order valence-electron chi connectivity index (χ2n) is 6.44. The van der Waals surface area contributed by atoms with Crippen molar-refractivity contribution in [2.24, 2.45) is 0 Å². The average molecular weight is 331 g/mol. The zero-order chi connectivity index (χ0) is 14.9. The summed E-state index contributed by atoms with van der Waals surface area (Å²) in [5, 5.41) is 0.855. The van der Waals surface area contributed by atoms with Gasteiger partial charge in [-0.3, -0.25) is 0 Å². The second kappa shape index (κ2) is 6.50. The van der Waals surface area contributed by atoms with E-state index in [-0.39, 0.29) is 0 Å². The van der Waals surface area contributed by atoms with Crippen LogP contribution in [0.2, 0.25) is 0 Å². The molecule has 116 valence electrons. The van der Waals surface area contributed by atoms with Crippen LogP contribution in [0.1, 0.15) is 51.4 Å². The van der Waals surface area contributed by atoms with Crippen molar-refractivity contribution in [3.63, 3.8) is 0 Å². The summed E-state index contributed by atoms with van der Waals surface area (Å²) in [7, 11) is -1.82. The monoisotopic (exact) mass is 330 g/mol. The van der Waals surface area contributed by atoms with Gasteiger partial charge in [-0.25, -0.2) is 8.78 Å². The lowest BCUT2D eigenvalue weighted by Gasteiger charge is -2.43. The van der Waals surface area contributed by atoms with Crippen LogP contribution in [0, 0.1) is 17.3 Å². The summed E-state index contributed by atoms with van der Waals surface area (Å²) in [4.78, 5) is 0. The van der Waals surface area contributed by atoms with Gasteiger partial charge in [-0.1, -0.05) is 12.9 Å². The first-order valence-electron chi connectivity index (χ1n) is 7.96. The van der Waals surface area contributed by atoms with Gasteiger partial charge in [0, 0.05) is 29.5 Å². The second-order valence-corrected chi connectivity index (χ2v) is 10.9. The van der Waals surface area contributed by atoms with Crippen molar-refractivity contribution in [2.45, 2.75) is 62.7 Å². The zero-order valence-electron chi connectivity index (χ0n) is 12.2. The zero-order valence-corrected chi connectivity index (χ0v) is 13.9. The lowest BCUT2D eigenvalue weighted by atomic mass is 10.3. The number of hydrogen-bond donors (Lipinski definition) is 0. The predicted octanol–water partition coefficient (Wildman–Crippen LogP) is 5.85. The Hall–Kier alpha value is -0.200. The number of benzene rings is 1. The number of hydrogen-bond acceptors (Lipinski definition) is 0. The van der Waals surface area contributed by atoms with E-state index in [0.29, 0.717) is 11.3 Å². The smallest absolute Gasteiger partial charge is 0.129 e. The molecule has 2 saturated carbocycles. The van der Waals surface area contributed by atoms with Crippen LogP contribution in [0.3, 0.4) is 0 Å². The maximum atomic E-state index is 13.8. The lowest BCUT2D eigenvalue weighted by Crippen LogP contribution is -2.29. The minimum absolute atomic E-state index is 0.469. The Bertz CT molecular complexity index is 457. The Balaban J connectivity index is 2.08.